The minimum atomic E-state index is -3.62. The fourth-order valence-corrected chi connectivity index (χ4v) is 5.95. The molecule has 0 saturated carbocycles. The van der Waals surface area contributed by atoms with Crippen LogP contribution < -0.4 is 10.0 Å². The monoisotopic (exact) mass is 410 g/mol. The molecule has 0 fully saturated rings. The fraction of sp³-hybridized carbons (Fsp3) is 0.182. The van der Waals surface area contributed by atoms with Crippen molar-refractivity contribution in [1.82, 2.24) is 4.72 Å². The van der Waals surface area contributed by atoms with Crippen LogP contribution in [0, 0.1) is 6.92 Å². The molecule has 144 valence electrons. The van der Waals surface area contributed by atoms with E-state index >= 15 is 0 Å². The van der Waals surface area contributed by atoms with Gasteiger partial charge >= 0.3 is 0 Å². The predicted molar refractivity (Wildman–Crippen MR) is 115 cm³/mol. The number of sulfonamides is 1. The smallest absolute Gasteiger partial charge is 0.240 e. The predicted octanol–water partition coefficient (Wildman–Crippen LogP) is 4.60. The summed E-state index contributed by atoms with van der Waals surface area (Å²) in [6.07, 6.45) is 0. The Bertz CT molecular complexity index is 1050. The molecule has 2 atom stereocenters. The summed E-state index contributed by atoms with van der Waals surface area (Å²) in [7, 11) is -3.62. The molecule has 2 N–H and O–H groups in total. The highest BCUT2D eigenvalue weighted by molar-refractivity contribution is 7.99. The van der Waals surface area contributed by atoms with Crippen molar-refractivity contribution < 1.29 is 8.42 Å². The molecular weight excluding hydrogens is 388 g/mol. The Morgan fingerprint density at radius 1 is 0.929 bits per heavy atom. The van der Waals surface area contributed by atoms with Gasteiger partial charge in [0.15, 0.2) is 0 Å². The lowest BCUT2D eigenvalue weighted by Gasteiger charge is -2.26. The molecule has 4 nitrogen and oxygen atoms in total. The Balaban J connectivity index is 1.68. The van der Waals surface area contributed by atoms with E-state index in [-0.39, 0.29) is 16.2 Å². The average Bonchev–Trinajstić information content (AvgIpc) is 2.88. The van der Waals surface area contributed by atoms with Gasteiger partial charge < -0.3 is 5.32 Å². The van der Waals surface area contributed by atoms with Gasteiger partial charge in [0.25, 0.3) is 0 Å². The first-order valence-corrected chi connectivity index (χ1v) is 11.5. The average molecular weight is 411 g/mol. The molecule has 0 spiro atoms. The van der Waals surface area contributed by atoms with E-state index in [1.807, 2.05) is 55.5 Å². The number of nitrogens with one attached hydrogen (secondary N) is 2. The Hall–Kier alpha value is -2.28. The number of fused-ring (bicyclic) bond motifs is 1. The van der Waals surface area contributed by atoms with Gasteiger partial charge in [0.1, 0.15) is 0 Å². The number of aryl methyl sites for hydroxylation is 1. The normalized spacial score (nSPS) is 19.3. The zero-order chi connectivity index (χ0) is 19.6. The second-order valence-corrected chi connectivity index (χ2v) is 9.76. The molecule has 0 aliphatic carbocycles. The first-order valence-electron chi connectivity index (χ1n) is 9.16. The van der Waals surface area contributed by atoms with Crippen LogP contribution in [0.5, 0.6) is 0 Å². The number of anilines is 1. The maximum Gasteiger partial charge on any atom is 0.240 e. The van der Waals surface area contributed by atoms with E-state index in [2.05, 4.69) is 28.2 Å². The summed E-state index contributed by atoms with van der Waals surface area (Å²) in [6, 6.07) is 24.8. The molecule has 0 aromatic heterocycles. The van der Waals surface area contributed by atoms with E-state index in [9.17, 15) is 8.42 Å². The Morgan fingerprint density at radius 3 is 2.36 bits per heavy atom. The van der Waals surface area contributed by atoms with Gasteiger partial charge in [-0.3, -0.25) is 0 Å². The van der Waals surface area contributed by atoms with Crippen molar-refractivity contribution in [3.63, 3.8) is 0 Å². The molecule has 1 aliphatic rings. The Morgan fingerprint density at radius 2 is 1.61 bits per heavy atom. The highest BCUT2D eigenvalue weighted by Gasteiger charge is 2.31. The third-order valence-electron chi connectivity index (χ3n) is 4.78. The minimum Gasteiger partial charge on any atom is -0.382 e. The number of hydrogen-bond acceptors (Lipinski definition) is 4. The van der Waals surface area contributed by atoms with Gasteiger partial charge in [0, 0.05) is 17.1 Å². The molecule has 0 bridgehead atoms. The lowest BCUT2D eigenvalue weighted by atomic mass is 10.1. The summed E-state index contributed by atoms with van der Waals surface area (Å²) >= 11 is 1.69. The van der Waals surface area contributed by atoms with E-state index in [1.54, 1.807) is 23.9 Å². The standard InChI is InChI=1S/C22H22N2O2S2/c1-16-11-13-18(14-12-16)28(25,26)24-20-15-23-19-9-5-6-10-21(19)27-22(20)17-7-3-2-4-8-17/h2-14,20,22-24H,15H2,1H3/t20-,22+/m0/s1. The van der Waals surface area contributed by atoms with Crippen LogP contribution in [0.15, 0.2) is 88.7 Å². The lowest BCUT2D eigenvalue weighted by molar-refractivity contribution is 0.550. The van der Waals surface area contributed by atoms with Crippen molar-refractivity contribution >= 4 is 27.5 Å². The van der Waals surface area contributed by atoms with Gasteiger partial charge in [-0.1, -0.05) is 60.2 Å². The van der Waals surface area contributed by atoms with Crippen LogP contribution in [0.4, 0.5) is 5.69 Å². The number of para-hydroxylation sites is 1. The van der Waals surface area contributed by atoms with Crippen LogP contribution in [-0.2, 0) is 10.0 Å². The number of rotatable bonds is 4. The quantitative estimate of drug-likeness (QED) is 0.660. The van der Waals surface area contributed by atoms with Crippen LogP contribution in [0.25, 0.3) is 0 Å². The summed E-state index contributed by atoms with van der Waals surface area (Å²) in [6.45, 7) is 2.45. The third-order valence-corrected chi connectivity index (χ3v) is 7.76. The molecule has 3 aromatic carbocycles. The number of thioether (sulfide) groups is 1. The molecule has 1 heterocycles. The molecule has 3 aromatic rings. The molecule has 0 saturated heterocycles. The van der Waals surface area contributed by atoms with Crippen molar-refractivity contribution in [2.45, 2.75) is 28.0 Å². The van der Waals surface area contributed by atoms with Crippen LogP contribution in [0.1, 0.15) is 16.4 Å². The molecule has 28 heavy (non-hydrogen) atoms. The minimum absolute atomic E-state index is 0.0439. The number of hydrogen-bond donors (Lipinski definition) is 2. The highest BCUT2D eigenvalue weighted by Crippen LogP contribution is 2.43. The largest absolute Gasteiger partial charge is 0.382 e. The summed E-state index contributed by atoms with van der Waals surface area (Å²) in [5, 5.41) is 3.37. The molecule has 4 rings (SSSR count). The van der Waals surface area contributed by atoms with Crippen molar-refractivity contribution in [2.24, 2.45) is 0 Å². The van der Waals surface area contributed by atoms with Crippen molar-refractivity contribution in [3.05, 3.63) is 90.0 Å². The summed E-state index contributed by atoms with van der Waals surface area (Å²) in [5.41, 5.74) is 3.16. The van der Waals surface area contributed by atoms with Crippen molar-refractivity contribution in [2.75, 3.05) is 11.9 Å². The summed E-state index contributed by atoms with van der Waals surface area (Å²) < 4.78 is 29.0. The molecule has 6 heteroatoms. The molecule has 0 unspecified atom stereocenters. The number of benzene rings is 3. The third kappa shape index (κ3) is 4.09. The van der Waals surface area contributed by atoms with Gasteiger partial charge in [0.05, 0.1) is 16.2 Å². The van der Waals surface area contributed by atoms with E-state index in [1.165, 1.54) is 0 Å². The Kier molecular flexibility index (Phi) is 5.44. The van der Waals surface area contributed by atoms with Crippen LogP contribution in [-0.4, -0.2) is 21.0 Å². The maximum atomic E-state index is 13.0. The topological polar surface area (TPSA) is 58.2 Å². The zero-order valence-corrected chi connectivity index (χ0v) is 17.1. The first-order chi connectivity index (χ1) is 13.5. The van der Waals surface area contributed by atoms with E-state index in [0.29, 0.717) is 6.54 Å². The molecule has 0 amide bonds. The zero-order valence-electron chi connectivity index (χ0n) is 15.5. The van der Waals surface area contributed by atoms with Crippen molar-refractivity contribution in [1.29, 1.82) is 0 Å². The SMILES string of the molecule is Cc1ccc(S(=O)(=O)N[C@H]2CNc3ccccc3S[C@@H]2c2ccccc2)cc1. The molecular formula is C22H22N2O2S2. The second-order valence-electron chi connectivity index (χ2n) is 6.87. The summed E-state index contributed by atoms with van der Waals surface area (Å²) in [5.74, 6) is 0. The van der Waals surface area contributed by atoms with Crippen LogP contribution >= 0.6 is 11.8 Å². The highest BCUT2D eigenvalue weighted by atomic mass is 32.2. The maximum absolute atomic E-state index is 13.0. The molecule has 0 radical (unpaired) electrons. The van der Waals surface area contributed by atoms with E-state index in [4.69, 9.17) is 0 Å². The van der Waals surface area contributed by atoms with Gasteiger partial charge in [-0.05, 0) is 36.8 Å². The van der Waals surface area contributed by atoms with Gasteiger partial charge in [0.2, 0.25) is 10.0 Å². The van der Waals surface area contributed by atoms with Crippen LogP contribution in [0.3, 0.4) is 0 Å². The van der Waals surface area contributed by atoms with E-state index < -0.39 is 10.0 Å². The first kappa shape index (κ1) is 19.1. The van der Waals surface area contributed by atoms with Crippen molar-refractivity contribution in [3.8, 4) is 0 Å². The summed E-state index contributed by atoms with van der Waals surface area (Å²) in [4.78, 5) is 1.41. The second kappa shape index (κ2) is 7.99. The van der Waals surface area contributed by atoms with Gasteiger partial charge in [-0.25, -0.2) is 13.1 Å². The Labute approximate surface area is 170 Å². The van der Waals surface area contributed by atoms with Gasteiger partial charge in [-0.2, -0.15) is 0 Å². The van der Waals surface area contributed by atoms with E-state index in [0.717, 1.165) is 21.7 Å². The molecule has 1 aliphatic heterocycles. The lowest BCUT2D eigenvalue weighted by Crippen LogP contribution is -2.42. The van der Waals surface area contributed by atoms with Gasteiger partial charge in [-0.15, -0.1) is 11.8 Å². The van der Waals surface area contributed by atoms with Crippen LogP contribution in [0.2, 0.25) is 0 Å². The fourth-order valence-electron chi connectivity index (χ4n) is 3.29.